The normalized spacial score (nSPS) is 15.8. The predicted molar refractivity (Wildman–Crippen MR) is 58.1 cm³/mol. The Morgan fingerprint density at radius 2 is 2.00 bits per heavy atom. The standard InChI is InChI=1S/C10H13N2.BrH.Zn/c1-4-8-12(9-5-1)10-6-2-3-7-11-10;;/h2,6-7H,1,4-5,8-9H2;1H;/q-1;;+2/p-1. The number of anilines is 1. The van der Waals surface area contributed by atoms with Gasteiger partial charge in [0.25, 0.3) is 0 Å². The van der Waals surface area contributed by atoms with Gasteiger partial charge in [0.15, 0.2) is 0 Å². The molecule has 0 bridgehead atoms. The molecule has 1 saturated heterocycles. The van der Waals surface area contributed by atoms with Crippen LogP contribution in [0.15, 0.2) is 18.3 Å². The van der Waals surface area contributed by atoms with Crippen LogP contribution in [0.5, 0.6) is 0 Å². The predicted octanol–water partition coefficient (Wildman–Crippen LogP) is 2.72. The Morgan fingerprint density at radius 3 is 2.57 bits per heavy atom. The van der Waals surface area contributed by atoms with Crippen molar-refractivity contribution in [3.05, 3.63) is 24.4 Å². The van der Waals surface area contributed by atoms with Crippen molar-refractivity contribution in [2.75, 3.05) is 18.0 Å². The summed E-state index contributed by atoms with van der Waals surface area (Å²) < 4.78 is 0. The second-order valence-electron chi connectivity index (χ2n) is 3.16. The number of halogens is 1. The third-order valence-corrected chi connectivity index (χ3v) is 2.28. The first-order valence-corrected chi connectivity index (χ1v) is 11.8. The van der Waals surface area contributed by atoms with Crippen LogP contribution in [0.2, 0.25) is 0 Å². The van der Waals surface area contributed by atoms with Crippen LogP contribution >= 0.6 is 13.6 Å². The summed E-state index contributed by atoms with van der Waals surface area (Å²) in [5.74, 6) is 1.11. The fourth-order valence-electron chi connectivity index (χ4n) is 1.62. The first-order chi connectivity index (χ1) is 6.97. The molecular weight excluding hydrogens is 293 g/mol. The molecular formula is C10H13BrN2Zn. The van der Waals surface area contributed by atoms with Gasteiger partial charge in [0, 0.05) is 18.9 Å². The van der Waals surface area contributed by atoms with Gasteiger partial charge in [0.05, 0.1) is 0 Å². The molecule has 2 nitrogen and oxygen atoms in total. The number of piperidine rings is 1. The van der Waals surface area contributed by atoms with Crippen molar-refractivity contribution < 1.29 is 16.3 Å². The van der Waals surface area contributed by atoms with Crippen LogP contribution in [0, 0.1) is 6.07 Å². The van der Waals surface area contributed by atoms with Crippen molar-refractivity contribution in [1.82, 2.24) is 4.98 Å². The Morgan fingerprint density at radius 1 is 1.29 bits per heavy atom. The van der Waals surface area contributed by atoms with E-state index in [1.807, 2.05) is 12.1 Å². The number of nitrogens with zero attached hydrogens (tertiary/aromatic N) is 2. The van der Waals surface area contributed by atoms with Crippen LogP contribution in [0.4, 0.5) is 5.82 Å². The molecule has 1 aliphatic rings. The molecule has 2 rings (SSSR count). The SMILES string of the molecule is [Zn+][Br].[c-]1ccc(N2CCCCC2)nc1. The second kappa shape index (κ2) is 7.36. The van der Waals surface area contributed by atoms with Gasteiger partial charge >= 0.3 is 30.0 Å². The first-order valence-electron chi connectivity index (χ1n) is 4.80. The largest absolute Gasteiger partial charge is 0.371 e. The van der Waals surface area contributed by atoms with E-state index < -0.39 is 0 Å². The second-order valence-corrected chi connectivity index (χ2v) is 3.16. The monoisotopic (exact) mass is 304 g/mol. The van der Waals surface area contributed by atoms with Crippen LogP contribution in [0.25, 0.3) is 0 Å². The Bertz CT molecular complexity index is 237. The van der Waals surface area contributed by atoms with Crippen LogP contribution < -0.4 is 4.90 Å². The molecule has 1 fully saturated rings. The number of aromatic nitrogens is 1. The summed E-state index contributed by atoms with van der Waals surface area (Å²) in [5, 5.41) is 0. The number of hydrogen-bond acceptors (Lipinski definition) is 2. The van der Waals surface area contributed by atoms with E-state index in [4.69, 9.17) is 0 Å². The van der Waals surface area contributed by atoms with Gasteiger partial charge in [-0.1, -0.05) is 6.20 Å². The molecule has 72 valence electrons. The molecule has 0 radical (unpaired) electrons. The molecule has 0 saturated carbocycles. The van der Waals surface area contributed by atoms with E-state index in [1.54, 1.807) is 6.20 Å². The van der Waals surface area contributed by atoms with Crippen LogP contribution in [-0.4, -0.2) is 18.1 Å². The molecule has 0 unspecified atom stereocenters. The molecule has 0 amide bonds. The Labute approximate surface area is 102 Å². The van der Waals surface area contributed by atoms with E-state index in [0.717, 1.165) is 18.9 Å². The Balaban J connectivity index is 0.000000461. The zero-order chi connectivity index (χ0) is 10.2. The van der Waals surface area contributed by atoms with Crippen molar-refractivity contribution in [2.24, 2.45) is 0 Å². The van der Waals surface area contributed by atoms with Gasteiger partial charge < -0.3 is 4.90 Å². The number of pyridine rings is 1. The maximum Gasteiger partial charge on any atom is 0.0433 e. The summed E-state index contributed by atoms with van der Waals surface area (Å²) in [6, 6.07) is 6.89. The first kappa shape index (κ1) is 12.1. The van der Waals surface area contributed by atoms with Gasteiger partial charge in [-0.2, -0.15) is 6.07 Å². The van der Waals surface area contributed by atoms with E-state index in [-0.39, 0.29) is 0 Å². The smallest absolute Gasteiger partial charge is 0.0433 e. The van der Waals surface area contributed by atoms with Crippen LogP contribution in [-0.2, 0) is 16.3 Å². The van der Waals surface area contributed by atoms with Crippen LogP contribution in [0.1, 0.15) is 19.3 Å². The van der Waals surface area contributed by atoms with E-state index in [0.29, 0.717) is 0 Å². The maximum atomic E-state index is 4.27. The maximum absolute atomic E-state index is 4.27. The molecule has 4 heteroatoms. The fraction of sp³-hybridized carbons (Fsp3) is 0.500. The Kier molecular flexibility index (Phi) is 6.37. The Hall–Kier alpha value is 0.0534. The topological polar surface area (TPSA) is 16.1 Å². The van der Waals surface area contributed by atoms with Crippen molar-refractivity contribution in [3.63, 3.8) is 0 Å². The quantitative estimate of drug-likeness (QED) is 0.586. The van der Waals surface area contributed by atoms with Crippen molar-refractivity contribution >= 4 is 19.4 Å². The van der Waals surface area contributed by atoms with Crippen molar-refractivity contribution in [3.8, 4) is 0 Å². The summed E-state index contributed by atoms with van der Waals surface area (Å²) in [6.07, 6.45) is 5.72. The summed E-state index contributed by atoms with van der Waals surface area (Å²) in [4.78, 5) is 6.62. The minimum atomic E-state index is 1.11. The van der Waals surface area contributed by atoms with Gasteiger partial charge in [0.2, 0.25) is 0 Å². The molecule has 1 aromatic heterocycles. The van der Waals surface area contributed by atoms with Gasteiger partial charge in [-0.05, 0) is 19.3 Å². The molecule has 1 aliphatic heterocycles. The summed E-state index contributed by atoms with van der Waals surface area (Å²) >= 11 is 4.25. The summed E-state index contributed by atoms with van der Waals surface area (Å²) in [6.45, 7) is 2.33. The number of rotatable bonds is 1. The van der Waals surface area contributed by atoms with Gasteiger partial charge in [0.1, 0.15) is 0 Å². The molecule has 0 aliphatic carbocycles. The van der Waals surface area contributed by atoms with Gasteiger partial charge in [-0.15, -0.1) is 0 Å². The third-order valence-electron chi connectivity index (χ3n) is 2.28. The van der Waals surface area contributed by atoms with Crippen LogP contribution in [0.3, 0.4) is 0 Å². The minimum absolute atomic E-state index is 1.11. The van der Waals surface area contributed by atoms with E-state index in [1.165, 1.54) is 35.6 Å². The fourth-order valence-corrected chi connectivity index (χ4v) is 1.62. The molecule has 2 heterocycles. The van der Waals surface area contributed by atoms with E-state index >= 15 is 0 Å². The zero-order valence-corrected chi connectivity index (χ0v) is 12.8. The molecule has 14 heavy (non-hydrogen) atoms. The summed E-state index contributed by atoms with van der Waals surface area (Å²) in [5.41, 5.74) is 0. The molecule has 0 atom stereocenters. The minimum Gasteiger partial charge on any atom is -0.371 e. The van der Waals surface area contributed by atoms with Gasteiger partial charge in [-0.25, -0.2) is 12.1 Å². The molecule has 0 aromatic carbocycles. The third kappa shape index (κ3) is 3.66. The zero-order valence-electron chi connectivity index (χ0n) is 8.25. The van der Waals surface area contributed by atoms with Crippen molar-refractivity contribution in [1.29, 1.82) is 0 Å². The molecule has 0 N–H and O–H groups in total. The van der Waals surface area contributed by atoms with E-state index in [9.17, 15) is 0 Å². The molecule has 1 aromatic rings. The summed E-state index contributed by atoms with van der Waals surface area (Å²) in [7, 11) is 0. The average Bonchev–Trinajstić information content (AvgIpc) is 2.34. The van der Waals surface area contributed by atoms with Crippen molar-refractivity contribution in [2.45, 2.75) is 19.3 Å². The van der Waals surface area contributed by atoms with Gasteiger partial charge in [-0.3, -0.25) is 4.98 Å². The molecule has 0 spiro atoms. The number of hydrogen-bond donors (Lipinski definition) is 0. The average molecular weight is 307 g/mol. The van der Waals surface area contributed by atoms with E-state index in [2.05, 4.69) is 29.6 Å².